The quantitative estimate of drug-likeness (QED) is 0.0615. The lowest BCUT2D eigenvalue weighted by atomic mass is 9.98. The number of hydrogen-bond acceptors (Lipinski definition) is 6. The van der Waals surface area contributed by atoms with Crippen LogP contribution in [0.1, 0.15) is 267 Å². The fourth-order valence-electron chi connectivity index (χ4n) is 7.63. The molecular weight excluding hydrogens is 735 g/mol. The standard InChI is InChI=1S/C52H105NO6/c1-9-12-14-16-18-20-22-24-26-28-30-32-34-36-38-40-44-56-46-49(48(4)59-50(54)53-43-42-52(7,11-3)58-47-51(5,6)55-8)57-45-41-39-37-35-33-31-29-27-25-23-21-19-17-15-13-10-2/h48-49H,9-47H2,1-8H3,(H,53,54). The molecule has 0 bridgehead atoms. The highest BCUT2D eigenvalue weighted by atomic mass is 16.6. The highest BCUT2D eigenvalue weighted by Gasteiger charge is 2.28. The molecule has 0 aromatic rings. The number of unbranched alkanes of at least 4 members (excludes halogenated alkanes) is 30. The lowest BCUT2D eigenvalue weighted by Crippen LogP contribution is -2.41. The summed E-state index contributed by atoms with van der Waals surface area (Å²) < 4.78 is 30.1. The van der Waals surface area contributed by atoms with Gasteiger partial charge >= 0.3 is 6.09 Å². The highest BCUT2D eigenvalue weighted by molar-refractivity contribution is 5.67. The minimum atomic E-state index is -0.415. The number of ether oxygens (including phenoxy) is 5. The molecule has 7 heteroatoms. The number of hydrogen-bond donors (Lipinski definition) is 1. The van der Waals surface area contributed by atoms with Crippen LogP contribution in [0.3, 0.4) is 0 Å². The van der Waals surface area contributed by atoms with Crippen LogP contribution in [0.15, 0.2) is 0 Å². The number of carbonyl (C=O) groups excluding carboxylic acids is 1. The number of methoxy groups -OCH3 is 1. The molecule has 0 aromatic carbocycles. The molecule has 0 rings (SSSR count). The van der Waals surface area contributed by atoms with Gasteiger partial charge in [-0.3, -0.25) is 0 Å². The predicted octanol–water partition coefficient (Wildman–Crippen LogP) is 16.0. The molecule has 0 saturated carbocycles. The molecule has 1 N–H and O–H groups in total. The van der Waals surface area contributed by atoms with Gasteiger partial charge < -0.3 is 29.0 Å². The van der Waals surface area contributed by atoms with Gasteiger partial charge in [0.2, 0.25) is 0 Å². The second kappa shape index (κ2) is 42.4. The van der Waals surface area contributed by atoms with E-state index in [1.165, 1.54) is 193 Å². The summed E-state index contributed by atoms with van der Waals surface area (Å²) in [6.45, 7) is 17.6. The van der Waals surface area contributed by atoms with Crippen LogP contribution in [-0.2, 0) is 23.7 Å². The average Bonchev–Trinajstić information content (AvgIpc) is 3.22. The number of nitrogens with one attached hydrogen (secondary N) is 1. The average molecular weight is 840 g/mol. The van der Waals surface area contributed by atoms with E-state index in [4.69, 9.17) is 23.7 Å². The lowest BCUT2D eigenvalue weighted by Gasteiger charge is -2.33. The summed E-state index contributed by atoms with van der Waals surface area (Å²) in [7, 11) is 1.70. The minimum absolute atomic E-state index is 0.279. The first-order valence-electron chi connectivity index (χ1n) is 26.0. The van der Waals surface area contributed by atoms with Gasteiger partial charge in [-0.2, -0.15) is 0 Å². The maximum Gasteiger partial charge on any atom is 0.407 e. The Balaban J connectivity index is 4.41. The Morgan fingerprint density at radius 2 is 0.915 bits per heavy atom. The van der Waals surface area contributed by atoms with Crippen molar-refractivity contribution in [2.45, 2.75) is 290 Å². The van der Waals surface area contributed by atoms with Gasteiger partial charge in [0.25, 0.3) is 0 Å². The van der Waals surface area contributed by atoms with E-state index in [2.05, 4.69) is 33.0 Å². The molecule has 0 saturated heterocycles. The number of alkyl carbamates (subject to hydrolysis) is 1. The Morgan fingerprint density at radius 3 is 1.29 bits per heavy atom. The smallest absolute Gasteiger partial charge is 0.407 e. The Labute approximate surface area is 369 Å². The molecule has 3 unspecified atom stereocenters. The third-order valence-corrected chi connectivity index (χ3v) is 12.6. The SMILES string of the molecule is CCCCCCCCCCCCCCCCCCOCC(OCCCCCCCCCCCCCCCCCC)C(C)OC(=O)NCCC(C)(CC)OCC(C)(C)OC. The molecule has 3 atom stereocenters. The van der Waals surface area contributed by atoms with Crippen LogP contribution in [0.4, 0.5) is 4.79 Å². The van der Waals surface area contributed by atoms with Gasteiger partial charge in [-0.25, -0.2) is 4.79 Å². The molecule has 59 heavy (non-hydrogen) atoms. The van der Waals surface area contributed by atoms with Crippen LogP contribution in [0.2, 0.25) is 0 Å². The van der Waals surface area contributed by atoms with Crippen molar-refractivity contribution in [2.24, 2.45) is 0 Å². The molecule has 1 amide bonds. The van der Waals surface area contributed by atoms with Crippen molar-refractivity contribution in [3.05, 3.63) is 0 Å². The first-order chi connectivity index (χ1) is 28.6. The lowest BCUT2D eigenvalue weighted by molar-refractivity contribution is -0.116. The summed E-state index contributed by atoms with van der Waals surface area (Å²) in [6, 6.07) is 0. The van der Waals surface area contributed by atoms with E-state index in [-0.39, 0.29) is 17.3 Å². The first-order valence-corrected chi connectivity index (χ1v) is 26.0. The van der Waals surface area contributed by atoms with Crippen molar-refractivity contribution in [2.75, 3.05) is 40.1 Å². The maximum atomic E-state index is 12.9. The van der Waals surface area contributed by atoms with Crippen LogP contribution in [0, 0.1) is 0 Å². The molecule has 0 aliphatic rings. The molecule has 0 heterocycles. The van der Waals surface area contributed by atoms with Gasteiger partial charge in [0.15, 0.2) is 0 Å². The summed E-state index contributed by atoms with van der Waals surface area (Å²) in [4.78, 5) is 12.9. The Kier molecular flexibility index (Phi) is 41.8. The topological polar surface area (TPSA) is 75.3 Å². The molecule has 0 aliphatic carbocycles. The van der Waals surface area contributed by atoms with Crippen molar-refractivity contribution in [1.29, 1.82) is 0 Å². The van der Waals surface area contributed by atoms with Crippen LogP contribution in [-0.4, -0.2) is 69.6 Å². The van der Waals surface area contributed by atoms with Crippen LogP contribution in [0.25, 0.3) is 0 Å². The second-order valence-electron chi connectivity index (χ2n) is 18.9. The summed E-state index contributed by atoms with van der Waals surface area (Å²) in [5, 5.41) is 2.95. The van der Waals surface area contributed by atoms with Gasteiger partial charge in [0.05, 0.1) is 24.4 Å². The van der Waals surface area contributed by atoms with Crippen molar-refractivity contribution in [1.82, 2.24) is 5.32 Å². The van der Waals surface area contributed by atoms with E-state index in [1.807, 2.05) is 20.8 Å². The van der Waals surface area contributed by atoms with Gasteiger partial charge in [-0.1, -0.05) is 213 Å². The normalized spacial score (nSPS) is 14.0. The zero-order valence-electron chi connectivity index (χ0n) is 41.2. The zero-order valence-corrected chi connectivity index (χ0v) is 41.2. The van der Waals surface area contributed by atoms with Crippen molar-refractivity contribution < 1.29 is 28.5 Å². The van der Waals surface area contributed by atoms with E-state index in [0.717, 1.165) is 25.9 Å². The highest BCUT2D eigenvalue weighted by Crippen LogP contribution is 2.23. The monoisotopic (exact) mass is 840 g/mol. The largest absolute Gasteiger partial charge is 0.444 e. The zero-order chi connectivity index (χ0) is 43.6. The van der Waals surface area contributed by atoms with E-state index < -0.39 is 12.2 Å². The van der Waals surface area contributed by atoms with E-state index in [9.17, 15) is 4.79 Å². The molecule has 0 aromatic heterocycles. The summed E-state index contributed by atoms with van der Waals surface area (Å²) in [5.74, 6) is 0. The van der Waals surface area contributed by atoms with Crippen molar-refractivity contribution in [3.63, 3.8) is 0 Å². The van der Waals surface area contributed by atoms with Crippen LogP contribution < -0.4 is 5.32 Å². The van der Waals surface area contributed by atoms with Gasteiger partial charge in [0, 0.05) is 26.9 Å². The first kappa shape index (κ1) is 58.1. The third-order valence-electron chi connectivity index (χ3n) is 12.6. The summed E-state index contributed by atoms with van der Waals surface area (Å²) in [6.07, 6.45) is 43.8. The van der Waals surface area contributed by atoms with Gasteiger partial charge in [-0.05, 0) is 53.4 Å². The Morgan fingerprint density at radius 1 is 0.542 bits per heavy atom. The second-order valence-corrected chi connectivity index (χ2v) is 18.9. The van der Waals surface area contributed by atoms with Crippen molar-refractivity contribution >= 4 is 6.09 Å². The van der Waals surface area contributed by atoms with E-state index >= 15 is 0 Å². The Bertz CT molecular complexity index is 870. The number of amides is 1. The van der Waals surface area contributed by atoms with Crippen molar-refractivity contribution in [3.8, 4) is 0 Å². The summed E-state index contributed by atoms with van der Waals surface area (Å²) in [5.41, 5.74) is -0.707. The van der Waals surface area contributed by atoms with E-state index in [0.29, 0.717) is 32.8 Å². The van der Waals surface area contributed by atoms with Gasteiger partial charge in [0.1, 0.15) is 12.2 Å². The van der Waals surface area contributed by atoms with E-state index in [1.54, 1.807) is 7.11 Å². The summed E-state index contributed by atoms with van der Waals surface area (Å²) >= 11 is 0. The minimum Gasteiger partial charge on any atom is -0.444 e. The predicted molar refractivity (Wildman–Crippen MR) is 254 cm³/mol. The molecule has 7 nitrogen and oxygen atoms in total. The third kappa shape index (κ3) is 39.7. The number of rotatable bonds is 47. The maximum absolute atomic E-state index is 12.9. The molecule has 0 aliphatic heterocycles. The van der Waals surface area contributed by atoms with Crippen LogP contribution in [0.5, 0.6) is 0 Å². The molecule has 0 fully saturated rings. The number of carbonyl (C=O) groups is 1. The van der Waals surface area contributed by atoms with Crippen LogP contribution >= 0.6 is 0 Å². The molecule has 354 valence electrons. The fraction of sp³-hybridized carbons (Fsp3) is 0.981. The van der Waals surface area contributed by atoms with Gasteiger partial charge in [-0.15, -0.1) is 0 Å². The fourth-order valence-corrected chi connectivity index (χ4v) is 7.63. The molecule has 0 radical (unpaired) electrons. The molecular formula is C52H105NO6. The molecule has 0 spiro atoms. The Hall–Kier alpha value is -0.890.